The lowest BCUT2D eigenvalue weighted by Crippen LogP contribution is -2.16. The molecule has 2 aromatic rings. The minimum absolute atomic E-state index is 0.00125. The highest BCUT2D eigenvalue weighted by atomic mass is 19.3. The van der Waals surface area contributed by atoms with Crippen LogP contribution in [-0.2, 0) is 12.7 Å². The summed E-state index contributed by atoms with van der Waals surface area (Å²) in [7, 11) is 0. The Kier molecular flexibility index (Phi) is 4.13. The van der Waals surface area contributed by atoms with Crippen LogP contribution in [0.4, 0.5) is 22.0 Å². The molecular formula is C14H9F5O2. The summed E-state index contributed by atoms with van der Waals surface area (Å²) in [6.45, 7) is -0.355. The van der Waals surface area contributed by atoms with Crippen LogP contribution in [0.3, 0.4) is 0 Å². The van der Waals surface area contributed by atoms with Gasteiger partial charge < -0.3 is 9.84 Å². The van der Waals surface area contributed by atoms with Crippen molar-refractivity contribution < 1.29 is 31.8 Å². The SMILES string of the molecule is OC(F)(F)c1cc(F)c(F)c(F)c1OCc1ccccc1. The highest BCUT2D eigenvalue weighted by molar-refractivity contribution is 5.38. The molecular weight excluding hydrogens is 295 g/mol. The molecule has 2 aromatic carbocycles. The van der Waals surface area contributed by atoms with Gasteiger partial charge in [-0.1, -0.05) is 30.3 Å². The fourth-order valence-electron chi connectivity index (χ4n) is 1.67. The first-order valence-corrected chi connectivity index (χ1v) is 5.75. The van der Waals surface area contributed by atoms with E-state index in [1.165, 1.54) is 0 Å². The maximum Gasteiger partial charge on any atom is 0.384 e. The number of hydrogen-bond donors (Lipinski definition) is 1. The van der Waals surface area contributed by atoms with Crippen LogP contribution in [0, 0.1) is 17.5 Å². The largest absolute Gasteiger partial charge is 0.485 e. The number of ether oxygens (including phenoxy) is 1. The van der Waals surface area contributed by atoms with Gasteiger partial charge >= 0.3 is 6.11 Å². The zero-order chi connectivity index (χ0) is 15.6. The molecule has 0 aromatic heterocycles. The van der Waals surface area contributed by atoms with Gasteiger partial charge in [-0.3, -0.25) is 0 Å². The fourth-order valence-corrected chi connectivity index (χ4v) is 1.67. The summed E-state index contributed by atoms with van der Waals surface area (Å²) in [6.07, 6.45) is -4.57. The Hall–Kier alpha value is -2.15. The first-order valence-electron chi connectivity index (χ1n) is 5.75. The molecule has 0 bridgehead atoms. The minimum Gasteiger partial charge on any atom is -0.485 e. The lowest BCUT2D eigenvalue weighted by molar-refractivity contribution is -0.210. The molecule has 0 aliphatic heterocycles. The summed E-state index contributed by atoms with van der Waals surface area (Å²) >= 11 is 0. The Bertz CT molecular complexity index is 638. The molecule has 2 rings (SSSR count). The van der Waals surface area contributed by atoms with Gasteiger partial charge in [0.25, 0.3) is 0 Å². The summed E-state index contributed by atoms with van der Waals surface area (Å²) in [5.74, 6) is -6.95. The van der Waals surface area contributed by atoms with E-state index < -0.39 is 34.9 Å². The summed E-state index contributed by atoms with van der Waals surface area (Å²) in [5.41, 5.74) is -0.983. The van der Waals surface area contributed by atoms with Crippen molar-refractivity contribution in [2.75, 3.05) is 0 Å². The molecule has 0 atom stereocenters. The molecule has 7 heteroatoms. The molecule has 0 spiro atoms. The number of halogens is 5. The minimum atomic E-state index is -4.57. The van der Waals surface area contributed by atoms with Crippen molar-refractivity contribution >= 4 is 0 Å². The molecule has 0 aliphatic rings. The molecule has 1 N–H and O–H groups in total. The van der Waals surface area contributed by atoms with Gasteiger partial charge in [0.1, 0.15) is 6.61 Å². The van der Waals surface area contributed by atoms with E-state index in [9.17, 15) is 22.0 Å². The van der Waals surface area contributed by atoms with Crippen LogP contribution in [0.5, 0.6) is 5.75 Å². The van der Waals surface area contributed by atoms with Crippen LogP contribution in [0.25, 0.3) is 0 Å². The van der Waals surface area contributed by atoms with Crippen molar-refractivity contribution in [1.82, 2.24) is 0 Å². The van der Waals surface area contributed by atoms with Crippen LogP contribution in [0.1, 0.15) is 11.1 Å². The van der Waals surface area contributed by atoms with Gasteiger partial charge in [0.2, 0.25) is 5.82 Å². The van der Waals surface area contributed by atoms with Gasteiger partial charge in [0.15, 0.2) is 17.4 Å². The molecule has 0 saturated heterocycles. The molecule has 0 amide bonds. The normalized spacial score (nSPS) is 11.5. The van der Waals surface area contributed by atoms with Crippen molar-refractivity contribution in [2.45, 2.75) is 12.7 Å². The van der Waals surface area contributed by atoms with Crippen molar-refractivity contribution in [3.63, 3.8) is 0 Å². The third kappa shape index (κ3) is 3.30. The highest BCUT2D eigenvalue weighted by Gasteiger charge is 2.36. The predicted molar refractivity (Wildman–Crippen MR) is 63.2 cm³/mol. The van der Waals surface area contributed by atoms with Crippen molar-refractivity contribution in [1.29, 1.82) is 0 Å². The van der Waals surface area contributed by atoms with Crippen molar-refractivity contribution in [3.05, 3.63) is 65.0 Å². The van der Waals surface area contributed by atoms with E-state index in [1.54, 1.807) is 30.3 Å². The molecule has 2 nitrogen and oxygen atoms in total. The summed E-state index contributed by atoms with van der Waals surface area (Å²) in [4.78, 5) is 0. The topological polar surface area (TPSA) is 29.5 Å². The second-order valence-corrected chi connectivity index (χ2v) is 4.18. The monoisotopic (exact) mass is 304 g/mol. The van der Waals surface area contributed by atoms with Crippen molar-refractivity contribution in [2.24, 2.45) is 0 Å². The first kappa shape index (κ1) is 15.2. The number of aliphatic hydroxyl groups is 1. The van der Waals surface area contributed by atoms with Gasteiger partial charge in [0, 0.05) is 0 Å². The quantitative estimate of drug-likeness (QED) is 0.689. The van der Waals surface area contributed by atoms with E-state index in [0.717, 1.165) is 0 Å². The smallest absolute Gasteiger partial charge is 0.384 e. The standard InChI is InChI=1S/C14H9F5O2/c15-10-6-9(14(18,19)20)13(12(17)11(10)16)21-7-8-4-2-1-3-5-8/h1-6,20H,7H2. The lowest BCUT2D eigenvalue weighted by Gasteiger charge is -2.16. The number of hydrogen-bond acceptors (Lipinski definition) is 2. The van der Waals surface area contributed by atoms with Crippen molar-refractivity contribution in [3.8, 4) is 5.75 Å². The third-order valence-corrected chi connectivity index (χ3v) is 2.67. The summed E-state index contributed by atoms with van der Waals surface area (Å²) in [5, 5.41) is 8.64. The van der Waals surface area contributed by atoms with E-state index in [0.29, 0.717) is 5.56 Å². The molecule has 0 saturated carbocycles. The predicted octanol–water partition coefficient (Wildman–Crippen LogP) is 3.72. The van der Waals surface area contributed by atoms with Crippen LogP contribution in [0.15, 0.2) is 36.4 Å². The summed E-state index contributed by atoms with van der Waals surface area (Å²) < 4.78 is 70.4. The van der Waals surface area contributed by atoms with Gasteiger partial charge in [-0.15, -0.1) is 0 Å². The van der Waals surface area contributed by atoms with E-state index in [2.05, 4.69) is 0 Å². The molecule has 0 fully saturated rings. The van der Waals surface area contributed by atoms with Crippen LogP contribution < -0.4 is 4.74 Å². The second kappa shape index (κ2) is 5.69. The number of alkyl halides is 2. The van der Waals surface area contributed by atoms with E-state index >= 15 is 0 Å². The van der Waals surface area contributed by atoms with E-state index in [-0.39, 0.29) is 12.7 Å². The Balaban J connectivity index is 2.39. The third-order valence-electron chi connectivity index (χ3n) is 2.67. The average Bonchev–Trinajstić information content (AvgIpc) is 2.43. The summed E-state index contributed by atoms with van der Waals surface area (Å²) in [6, 6.07) is 8.07. The Morgan fingerprint density at radius 2 is 1.62 bits per heavy atom. The molecule has 21 heavy (non-hydrogen) atoms. The van der Waals surface area contributed by atoms with Gasteiger partial charge in [-0.25, -0.2) is 8.78 Å². The Labute approximate surface area is 116 Å². The molecule has 0 aliphatic carbocycles. The fraction of sp³-hybridized carbons (Fsp3) is 0.143. The molecule has 112 valence electrons. The zero-order valence-corrected chi connectivity index (χ0v) is 10.4. The zero-order valence-electron chi connectivity index (χ0n) is 10.4. The van der Waals surface area contributed by atoms with Crippen LogP contribution in [0.2, 0.25) is 0 Å². The Morgan fingerprint density at radius 1 is 1.00 bits per heavy atom. The maximum atomic E-state index is 13.6. The van der Waals surface area contributed by atoms with Gasteiger partial charge in [-0.05, 0) is 11.6 Å². The number of benzene rings is 2. The van der Waals surface area contributed by atoms with Crippen LogP contribution >= 0.6 is 0 Å². The molecule has 0 heterocycles. The Morgan fingerprint density at radius 3 is 2.19 bits per heavy atom. The average molecular weight is 304 g/mol. The maximum absolute atomic E-state index is 13.6. The molecule has 0 unspecified atom stereocenters. The molecule has 0 radical (unpaired) electrons. The van der Waals surface area contributed by atoms with E-state index in [1.807, 2.05) is 0 Å². The first-order chi connectivity index (χ1) is 9.80. The van der Waals surface area contributed by atoms with Gasteiger partial charge in [0.05, 0.1) is 5.56 Å². The van der Waals surface area contributed by atoms with Crippen LogP contribution in [-0.4, -0.2) is 5.11 Å². The number of rotatable bonds is 4. The van der Waals surface area contributed by atoms with E-state index in [4.69, 9.17) is 9.84 Å². The van der Waals surface area contributed by atoms with Gasteiger partial charge in [-0.2, -0.15) is 13.2 Å². The second-order valence-electron chi connectivity index (χ2n) is 4.18. The lowest BCUT2D eigenvalue weighted by atomic mass is 10.1. The highest BCUT2D eigenvalue weighted by Crippen LogP contribution is 2.37.